The quantitative estimate of drug-likeness (QED) is 0.799. The lowest BCUT2D eigenvalue weighted by Gasteiger charge is -2.39. The lowest BCUT2D eigenvalue weighted by molar-refractivity contribution is -0.148. The van der Waals surface area contributed by atoms with Crippen molar-refractivity contribution in [2.24, 2.45) is 5.41 Å². The topological polar surface area (TPSA) is 99.5 Å². The average Bonchev–Trinajstić information content (AvgIpc) is 3.14. The fourth-order valence-electron chi connectivity index (χ4n) is 4.49. The van der Waals surface area contributed by atoms with Gasteiger partial charge in [0.1, 0.15) is 6.04 Å². The van der Waals surface area contributed by atoms with Crippen molar-refractivity contribution in [3.8, 4) is 0 Å². The van der Waals surface area contributed by atoms with Crippen LogP contribution in [0.5, 0.6) is 0 Å². The first-order valence-corrected chi connectivity index (χ1v) is 10.1. The van der Waals surface area contributed by atoms with Gasteiger partial charge in [-0.3, -0.25) is 9.78 Å². The van der Waals surface area contributed by atoms with Crippen LogP contribution in [0.2, 0.25) is 0 Å². The molecule has 9 heteroatoms. The first-order chi connectivity index (χ1) is 14.5. The van der Waals surface area contributed by atoms with Gasteiger partial charge in [-0.25, -0.2) is 19.2 Å². The molecule has 30 heavy (non-hydrogen) atoms. The van der Waals surface area contributed by atoms with E-state index in [0.29, 0.717) is 38.4 Å². The van der Waals surface area contributed by atoms with Crippen LogP contribution in [0.1, 0.15) is 31.2 Å². The molecule has 1 N–H and O–H groups in total. The van der Waals surface area contributed by atoms with E-state index in [1.807, 2.05) is 17.0 Å². The molecule has 0 aromatic carbocycles. The first-order valence-electron chi connectivity index (χ1n) is 10.1. The Balaban J connectivity index is 1.40. The number of aromatic nitrogens is 3. The van der Waals surface area contributed by atoms with Gasteiger partial charge in [-0.1, -0.05) is 6.07 Å². The average molecular weight is 413 g/mol. The zero-order chi connectivity index (χ0) is 21.1. The number of carbonyl (C=O) groups excluding carboxylic acids is 1. The molecule has 8 nitrogen and oxygen atoms in total. The number of carboxylic acids is 1. The lowest BCUT2D eigenvalue weighted by atomic mass is 9.76. The van der Waals surface area contributed by atoms with Crippen molar-refractivity contribution in [1.82, 2.24) is 19.9 Å². The third kappa shape index (κ3) is 4.24. The monoisotopic (exact) mass is 413 g/mol. The summed E-state index contributed by atoms with van der Waals surface area (Å²) < 4.78 is 13.1. The van der Waals surface area contributed by atoms with Crippen molar-refractivity contribution < 1.29 is 19.1 Å². The standard InChI is InChI=1S/C21H24FN5O3/c22-16-12-24-20(25-13-16)26-8-5-21(6-9-26)10-17(19(29)30)27(14-21)18(28)4-3-15-2-1-7-23-11-15/h1-2,7,11-13,17H,3-6,8-10,14H2,(H,29,30). The smallest absolute Gasteiger partial charge is 0.326 e. The molecule has 2 aliphatic rings. The second-order valence-corrected chi connectivity index (χ2v) is 8.13. The Morgan fingerprint density at radius 1 is 1.20 bits per heavy atom. The van der Waals surface area contributed by atoms with Gasteiger partial charge < -0.3 is 14.9 Å². The molecule has 0 aliphatic carbocycles. The van der Waals surface area contributed by atoms with E-state index >= 15 is 0 Å². The maximum atomic E-state index is 13.1. The minimum absolute atomic E-state index is 0.132. The zero-order valence-electron chi connectivity index (χ0n) is 16.6. The molecule has 2 saturated heterocycles. The van der Waals surface area contributed by atoms with Crippen molar-refractivity contribution in [1.29, 1.82) is 0 Å². The van der Waals surface area contributed by atoms with Gasteiger partial charge in [0.2, 0.25) is 11.9 Å². The number of likely N-dealkylation sites (tertiary alicyclic amines) is 1. The number of pyridine rings is 1. The van der Waals surface area contributed by atoms with E-state index in [9.17, 15) is 19.1 Å². The highest BCUT2D eigenvalue weighted by molar-refractivity contribution is 5.84. The fraction of sp³-hybridized carbons (Fsp3) is 0.476. The minimum atomic E-state index is -0.953. The summed E-state index contributed by atoms with van der Waals surface area (Å²) in [5.74, 6) is -1.09. The van der Waals surface area contributed by atoms with E-state index in [1.54, 1.807) is 17.3 Å². The SMILES string of the molecule is O=C(O)C1CC2(CCN(c3ncc(F)cn3)CC2)CN1C(=O)CCc1cccnc1. The van der Waals surface area contributed by atoms with Gasteiger partial charge in [0, 0.05) is 38.4 Å². The molecule has 1 unspecified atom stereocenters. The number of carbonyl (C=O) groups is 2. The van der Waals surface area contributed by atoms with E-state index in [1.165, 1.54) is 0 Å². The molecule has 2 aromatic rings. The first kappa shape index (κ1) is 20.2. The van der Waals surface area contributed by atoms with Crippen LogP contribution < -0.4 is 4.90 Å². The van der Waals surface area contributed by atoms with E-state index in [2.05, 4.69) is 15.0 Å². The number of carboxylic acid groups (broad SMARTS) is 1. The molecule has 158 valence electrons. The summed E-state index contributed by atoms with van der Waals surface area (Å²) in [4.78, 5) is 40.4. The van der Waals surface area contributed by atoms with Crippen LogP contribution in [0, 0.1) is 11.2 Å². The summed E-state index contributed by atoms with van der Waals surface area (Å²) in [6, 6.07) is 2.94. The zero-order valence-corrected chi connectivity index (χ0v) is 16.6. The number of halogens is 1. The molecule has 2 aliphatic heterocycles. The molecular weight excluding hydrogens is 389 g/mol. The summed E-state index contributed by atoms with van der Waals surface area (Å²) in [7, 11) is 0. The van der Waals surface area contributed by atoms with Gasteiger partial charge in [-0.05, 0) is 42.7 Å². The molecule has 1 amide bonds. The number of aliphatic carboxylic acids is 1. The van der Waals surface area contributed by atoms with E-state index in [4.69, 9.17) is 0 Å². The van der Waals surface area contributed by atoms with Crippen molar-refractivity contribution in [3.63, 3.8) is 0 Å². The second kappa shape index (κ2) is 8.33. The van der Waals surface area contributed by atoms with Crippen molar-refractivity contribution in [3.05, 3.63) is 48.3 Å². The molecule has 4 rings (SSSR count). The Kier molecular flexibility index (Phi) is 5.61. The Morgan fingerprint density at radius 2 is 1.93 bits per heavy atom. The molecule has 0 radical (unpaired) electrons. The number of piperidine rings is 1. The Hall–Kier alpha value is -3.10. The van der Waals surface area contributed by atoms with Crippen LogP contribution in [0.4, 0.5) is 10.3 Å². The van der Waals surface area contributed by atoms with Crippen LogP contribution in [0.3, 0.4) is 0 Å². The van der Waals surface area contributed by atoms with Gasteiger partial charge in [0.05, 0.1) is 12.4 Å². The van der Waals surface area contributed by atoms with E-state index < -0.39 is 17.8 Å². The number of rotatable bonds is 5. The van der Waals surface area contributed by atoms with E-state index in [0.717, 1.165) is 30.8 Å². The van der Waals surface area contributed by atoms with Gasteiger partial charge in [0.25, 0.3) is 0 Å². The number of hydrogen-bond acceptors (Lipinski definition) is 6. The number of nitrogens with zero attached hydrogens (tertiary/aromatic N) is 5. The van der Waals surface area contributed by atoms with Crippen LogP contribution in [0.25, 0.3) is 0 Å². The molecule has 1 spiro atoms. The molecule has 0 saturated carbocycles. The summed E-state index contributed by atoms with van der Waals surface area (Å²) in [5.41, 5.74) is 0.739. The highest BCUT2D eigenvalue weighted by Gasteiger charge is 2.49. The van der Waals surface area contributed by atoms with Gasteiger partial charge >= 0.3 is 5.97 Å². The minimum Gasteiger partial charge on any atom is -0.480 e. The van der Waals surface area contributed by atoms with Crippen molar-refractivity contribution in [2.75, 3.05) is 24.5 Å². The van der Waals surface area contributed by atoms with Crippen molar-refractivity contribution in [2.45, 2.75) is 38.1 Å². The predicted octanol–water partition coefficient (Wildman–Crippen LogP) is 1.92. The normalized spacial score (nSPS) is 20.5. The van der Waals surface area contributed by atoms with Crippen molar-refractivity contribution >= 4 is 17.8 Å². The highest BCUT2D eigenvalue weighted by Crippen LogP contribution is 2.44. The molecule has 0 bridgehead atoms. The maximum absolute atomic E-state index is 13.1. The number of aryl methyl sites for hydroxylation is 1. The van der Waals surface area contributed by atoms with Crippen LogP contribution in [-0.4, -0.2) is 62.5 Å². The number of amides is 1. The summed E-state index contributed by atoms with van der Waals surface area (Å²) >= 11 is 0. The summed E-state index contributed by atoms with van der Waals surface area (Å²) in [6.07, 6.45) is 8.43. The maximum Gasteiger partial charge on any atom is 0.326 e. The summed E-state index contributed by atoms with van der Waals surface area (Å²) in [5, 5.41) is 9.72. The van der Waals surface area contributed by atoms with Crippen LogP contribution in [-0.2, 0) is 16.0 Å². The molecular formula is C21H24FN5O3. The number of hydrogen-bond donors (Lipinski definition) is 1. The van der Waals surface area contributed by atoms with E-state index in [-0.39, 0.29) is 17.7 Å². The molecule has 2 fully saturated rings. The van der Waals surface area contributed by atoms with Gasteiger partial charge in [0.15, 0.2) is 5.82 Å². The Morgan fingerprint density at radius 3 is 2.57 bits per heavy atom. The second-order valence-electron chi connectivity index (χ2n) is 8.13. The third-order valence-corrected chi connectivity index (χ3v) is 6.18. The number of anilines is 1. The van der Waals surface area contributed by atoms with Gasteiger partial charge in [-0.2, -0.15) is 0 Å². The molecule has 1 atom stereocenters. The molecule has 4 heterocycles. The van der Waals surface area contributed by atoms with Gasteiger partial charge in [-0.15, -0.1) is 0 Å². The summed E-state index contributed by atoms with van der Waals surface area (Å²) in [6.45, 7) is 1.75. The Bertz CT molecular complexity index is 901. The largest absolute Gasteiger partial charge is 0.480 e. The Labute approximate surface area is 173 Å². The van der Waals surface area contributed by atoms with Crippen LogP contribution >= 0.6 is 0 Å². The van der Waals surface area contributed by atoms with Crippen LogP contribution in [0.15, 0.2) is 36.9 Å². The molecule has 2 aromatic heterocycles. The lowest BCUT2D eigenvalue weighted by Crippen LogP contribution is -2.43. The third-order valence-electron chi connectivity index (χ3n) is 6.18. The predicted molar refractivity (Wildman–Crippen MR) is 106 cm³/mol. The fourth-order valence-corrected chi connectivity index (χ4v) is 4.49. The highest BCUT2D eigenvalue weighted by atomic mass is 19.1.